The second-order valence-electron chi connectivity index (χ2n) is 5.56. The highest BCUT2D eigenvalue weighted by Gasteiger charge is 2.40. The Kier molecular flexibility index (Phi) is 6.31. The van der Waals surface area contributed by atoms with Gasteiger partial charge < -0.3 is 5.73 Å². The summed E-state index contributed by atoms with van der Waals surface area (Å²) in [6.07, 6.45) is 3.90. The Morgan fingerprint density at radius 1 is 1.10 bits per heavy atom. The molecule has 1 saturated carbocycles. The first-order chi connectivity index (χ1) is 8.75. The number of carbonyl (C=O) groups excluding carboxylic acids is 1. The van der Waals surface area contributed by atoms with E-state index in [4.69, 9.17) is 5.73 Å². The monoisotopic (exact) mass is 316 g/mol. The molecule has 5 heteroatoms. The molecule has 20 heavy (non-hydrogen) atoms. The maximum absolute atomic E-state index is 11.7. The van der Waals surface area contributed by atoms with E-state index in [9.17, 15) is 4.79 Å². The molecule has 112 valence electrons. The van der Waals surface area contributed by atoms with Crippen molar-refractivity contribution in [2.75, 3.05) is 13.1 Å². The smallest absolute Gasteiger partial charge is 0.222 e. The van der Waals surface area contributed by atoms with E-state index in [-0.39, 0.29) is 42.6 Å². The van der Waals surface area contributed by atoms with Gasteiger partial charge in [0.1, 0.15) is 0 Å². The maximum Gasteiger partial charge on any atom is 0.222 e. The highest BCUT2D eigenvalue weighted by Crippen LogP contribution is 2.37. The summed E-state index contributed by atoms with van der Waals surface area (Å²) in [5, 5.41) is 0. The lowest BCUT2D eigenvalue weighted by Crippen LogP contribution is -2.39. The summed E-state index contributed by atoms with van der Waals surface area (Å²) in [5.41, 5.74) is 6.83. The van der Waals surface area contributed by atoms with Crippen LogP contribution in [0.3, 0.4) is 0 Å². The third kappa shape index (κ3) is 3.27. The van der Waals surface area contributed by atoms with Crippen molar-refractivity contribution in [2.45, 2.75) is 31.2 Å². The number of amides is 1. The van der Waals surface area contributed by atoms with E-state index in [0.29, 0.717) is 6.04 Å². The number of carbonyl (C=O) groups is 1. The molecule has 1 aromatic rings. The van der Waals surface area contributed by atoms with Crippen molar-refractivity contribution in [1.82, 2.24) is 4.90 Å². The zero-order valence-corrected chi connectivity index (χ0v) is 13.0. The average molecular weight is 317 g/mol. The molecule has 2 unspecified atom stereocenters. The Morgan fingerprint density at radius 2 is 1.75 bits per heavy atom. The van der Waals surface area contributed by atoms with Crippen molar-refractivity contribution in [1.29, 1.82) is 0 Å². The molecule has 0 aromatic heterocycles. The Labute approximate surface area is 132 Å². The predicted octanol–water partition coefficient (Wildman–Crippen LogP) is 2.58. The quantitative estimate of drug-likeness (QED) is 0.931. The van der Waals surface area contributed by atoms with Gasteiger partial charge in [-0.3, -0.25) is 9.69 Å². The lowest BCUT2D eigenvalue weighted by Gasteiger charge is -2.34. The van der Waals surface area contributed by atoms with Crippen LogP contribution in [0, 0.1) is 5.92 Å². The molecule has 1 amide bonds. The van der Waals surface area contributed by atoms with Crippen LogP contribution in [-0.2, 0) is 4.79 Å². The van der Waals surface area contributed by atoms with Crippen molar-refractivity contribution >= 4 is 30.7 Å². The standard InChI is InChI=1S/C15H20N2O.2ClH/c16-15(18)14-10-17(12-7-4-8-12)9-13(14)11-5-2-1-3-6-11;;/h1-3,5-6,12-14H,4,7-10H2,(H2,16,18);2*1H. The molecular weight excluding hydrogens is 295 g/mol. The lowest BCUT2D eigenvalue weighted by molar-refractivity contribution is -0.121. The minimum absolute atomic E-state index is 0. The zero-order valence-electron chi connectivity index (χ0n) is 11.4. The molecule has 1 aliphatic carbocycles. The Hall–Kier alpha value is -0.770. The van der Waals surface area contributed by atoms with Crippen molar-refractivity contribution in [3.63, 3.8) is 0 Å². The SMILES string of the molecule is Cl.Cl.NC(=O)C1CN(C2CCC2)CC1c1ccccc1. The highest BCUT2D eigenvalue weighted by molar-refractivity contribution is 5.85. The van der Waals surface area contributed by atoms with Crippen molar-refractivity contribution in [3.05, 3.63) is 35.9 Å². The largest absolute Gasteiger partial charge is 0.369 e. The summed E-state index contributed by atoms with van der Waals surface area (Å²) in [4.78, 5) is 14.1. The van der Waals surface area contributed by atoms with Gasteiger partial charge in [0.15, 0.2) is 0 Å². The average Bonchev–Trinajstić information content (AvgIpc) is 2.73. The summed E-state index contributed by atoms with van der Waals surface area (Å²) < 4.78 is 0. The predicted molar refractivity (Wildman–Crippen MR) is 85.6 cm³/mol. The first-order valence-corrected chi connectivity index (χ1v) is 6.84. The molecule has 2 fully saturated rings. The number of nitrogens with two attached hydrogens (primary N) is 1. The van der Waals surface area contributed by atoms with E-state index in [0.717, 1.165) is 13.1 Å². The molecule has 1 aromatic carbocycles. The fourth-order valence-electron chi connectivity index (χ4n) is 3.21. The van der Waals surface area contributed by atoms with E-state index in [1.807, 2.05) is 18.2 Å². The molecule has 0 spiro atoms. The zero-order chi connectivity index (χ0) is 12.5. The van der Waals surface area contributed by atoms with Gasteiger partial charge in [0.25, 0.3) is 0 Å². The van der Waals surface area contributed by atoms with Crippen LogP contribution >= 0.6 is 24.8 Å². The minimum atomic E-state index is -0.148. The van der Waals surface area contributed by atoms with Gasteiger partial charge >= 0.3 is 0 Å². The minimum Gasteiger partial charge on any atom is -0.369 e. The Morgan fingerprint density at radius 3 is 2.25 bits per heavy atom. The topological polar surface area (TPSA) is 46.3 Å². The summed E-state index contributed by atoms with van der Waals surface area (Å²) in [6.45, 7) is 1.84. The van der Waals surface area contributed by atoms with Crippen molar-refractivity contribution < 1.29 is 4.79 Å². The molecule has 2 aliphatic rings. The van der Waals surface area contributed by atoms with Crippen LogP contribution < -0.4 is 5.73 Å². The molecule has 1 saturated heterocycles. The van der Waals surface area contributed by atoms with E-state index in [1.54, 1.807) is 0 Å². The molecule has 1 aliphatic heterocycles. The summed E-state index contributed by atoms with van der Waals surface area (Å²) in [6, 6.07) is 11.0. The number of hydrogen-bond acceptors (Lipinski definition) is 2. The van der Waals surface area contributed by atoms with Gasteiger partial charge in [-0.15, -0.1) is 24.8 Å². The van der Waals surface area contributed by atoms with Crippen LogP contribution in [0.15, 0.2) is 30.3 Å². The van der Waals surface area contributed by atoms with Crippen LogP contribution in [0.4, 0.5) is 0 Å². The van der Waals surface area contributed by atoms with E-state index in [2.05, 4.69) is 17.0 Å². The summed E-state index contributed by atoms with van der Waals surface area (Å²) >= 11 is 0. The second-order valence-corrected chi connectivity index (χ2v) is 5.56. The molecule has 0 radical (unpaired) electrons. The molecule has 1 heterocycles. The Balaban J connectivity index is 0.000001000. The van der Waals surface area contributed by atoms with Crippen LogP contribution in [-0.4, -0.2) is 29.9 Å². The molecule has 2 N–H and O–H groups in total. The van der Waals surface area contributed by atoms with Gasteiger partial charge in [-0.2, -0.15) is 0 Å². The Bertz CT molecular complexity index is 437. The number of benzene rings is 1. The summed E-state index contributed by atoms with van der Waals surface area (Å²) in [5.74, 6) is 0.114. The maximum atomic E-state index is 11.7. The van der Waals surface area contributed by atoms with Crippen molar-refractivity contribution in [2.24, 2.45) is 11.7 Å². The summed E-state index contributed by atoms with van der Waals surface area (Å²) in [7, 11) is 0. The van der Waals surface area contributed by atoms with E-state index in [1.165, 1.54) is 24.8 Å². The fourth-order valence-corrected chi connectivity index (χ4v) is 3.21. The van der Waals surface area contributed by atoms with Crippen LogP contribution in [0.2, 0.25) is 0 Å². The molecule has 3 nitrogen and oxygen atoms in total. The number of primary amides is 1. The van der Waals surface area contributed by atoms with Gasteiger partial charge in [0, 0.05) is 25.0 Å². The normalized spacial score (nSPS) is 26.2. The molecule has 3 rings (SSSR count). The van der Waals surface area contributed by atoms with E-state index < -0.39 is 0 Å². The number of nitrogens with zero attached hydrogens (tertiary/aromatic N) is 1. The van der Waals surface area contributed by atoms with Crippen molar-refractivity contribution in [3.8, 4) is 0 Å². The van der Waals surface area contributed by atoms with Crippen LogP contribution in [0.1, 0.15) is 30.7 Å². The molecule has 0 bridgehead atoms. The molecular formula is C15H22Cl2N2O. The van der Waals surface area contributed by atoms with Crippen LogP contribution in [0.5, 0.6) is 0 Å². The van der Waals surface area contributed by atoms with E-state index >= 15 is 0 Å². The first kappa shape index (κ1) is 17.3. The van der Waals surface area contributed by atoms with Gasteiger partial charge in [-0.25, -0.2) is 0 Å². The number of hydrogen-bond donors (Lipinski definition) is 1. The fraction of sp³-hybridized carbons (Fsp3) is 0.533. The number of likely N-dealkylation sites (tertiary alicyclic amines) is 1. The molecule has 2 atom stereocenters. The highest BCUT2D eigenvalue weighted by atomic mass is 35.5. The van der Waals surface area contributed by atoms with Gasteiger partial charge in [0.05, 0.1) is 5.92 Å². The third-order valence-corrected chi connectivity index (χ3v) is 4.53. The first-order valence-electron chi connectivity index (χ1n) is 6.84. The number of rotatable bonds is 3. The van der Waals surface area contributed by atoms with Gasteiger partial charge in [-0.1, -0.05) is 36.8 Å². The number of halogens is 2. The van der Waals surface area contributed by atoms with Gasteiger partial charge in [0.2, 0.25) is 5.91 Å². The lowest BCUT2D eigenvalue weighted by atomic mass is 9.88. The van der Waals surface area contributed by atoms with Gasteiger partial charge in [-0.05, 0) is 18.4 Å². The van der Waals surface area contributed by atoms with Crippen LogP contribution in [0.25, 0.3) is 0 Å². The second kappa shape index (κ2) is 7.30. The third-order valence-electron chi connectivity index (χ3n) is 4.53.